The van der Waals surface area contributed by atoms with Crippen LogP contribution in [0.4, 0.5) is 0 Å². The molecule has 0 radical (unpaired) electrons. The Morgan fingerprint density at radius 1 is 1.14 bits per heavy atom. The van der Waals surface area contributed by atoms with Gasteiger partial charge in [-0.2, -0.15) is 0 Å². The Labute approximate surface area is 179 Å². The van der Waals surface area contributed by atoms with Crippen LogP contribution < -0.4 is 0 Å². The standard InChI is InChI=1S/C23H34N4OS/c1-28-15-14-26-12-8-20(9-13-26)17-27(16-19-6-10-24-11-7-19)18-23-25-21-4-2-3-5-22(21)29-23/h6-7,10-11,20H,2-5,8-9,12-18H2,1H3. The average molecular weight is 415 g/mol. The molecule has 29 heavy (non-hydrogen) atoms. The molecule has 6 heteroatoms. The van der Waals surface area contributed by atoms with Gasteiger partial charge in [0.15, 0.2) is 0 Å². The summed E-state index contributed by atoms with van der Waals surface area (Å²) in [6.45, 7) is 7.42. The van der Waals surface area contributed by atoms with E-state index in [9.17, 15) is 0 Å². The van der Waals surface area contributed by atoms with Crippen LogP contribution in [0.2, 0.25) is 0 Å². The molecule has 1 fully saturated rings. The first kappa shape index (κ1) is 20.9. The predicted molar refractivity (Wildman–Crippen MR) is 118 cm³/mol. The molecule has 0 N–H and O–H groups in total. The lowest BCUT2D eigenvalue weighted by atomic mass is 9.96. The number of rotatable bonds is 9. The highest BCUT2D eigenvalue weighted by Crippen LogP contribution is 2.28. The van der Waals surface area contributed by atoms with Crippen LogP contribution in [0.5, 0.6) is 0 Å². The summed E-state index contributed by atoms with van der Waals surface area (Å²) >= 11 is 1.96. The molecule has 3 heterocycles. The van der Waals surface area contributed by atoms with Gasteiger partial charge in [-0.1, -0.05) is 0 Å². The van der Waals surface area contributed by atoms with E-state index in [0.29, 0.717) is 0 Å². The first-order chi connectivity index (χ1) is 14.3. The van der Waals surface area contributed by atoms with Crippen molar-refractivity contribution in [2.24, 2.45) is 5.92 Å². The van der Waals surface area contributed by atoms with Crippen molar-refractivity contribution in [2.75, 3.05) is 39.9 Å². The van der Waals surface area contributed by atoms with Crippen LogP contribution in [0.1, 0.15) is 46.8 Å². The SMILES string of the molecule is COCCN1CCC(CN(Cc2ccncc2)Cc2nc3c(s2)CCCC3)CC1. The molecular weight excluding hydrogens is 380 g/mol. The molecule has 0 atom stereocenters. The zero-order valence-corrected chi connectivity index (χ0v) is 18.5. The van der Waals surface area contributed by atoms with Gasteiger partial charge in [-0.3, -0.25) is 9.88 Å². The Morgan fingerprint density at radius 2 is 1.93 bits per heavy atom. The van der Waals surface area contributed by atoms with Gasteiger partial charge in [-0.15, -0.1) is 11.3 Å². The number of nitrogens with zero attached hydrogens (tertiary/aromatic N) is 4. The maximum atomic E-state index is 5.24. The second-order valence-corrected chi connectivity index (χ2v) is 9.66. The maximum absolute atomic E-state index is 5.24. The monoisotopic (exact) mass is 414 g/mol. The van der Waals surface area contributed by atoms with Crippen molar-refractivity contribution in [1.29, 1.82) is 0 Å². The van der Waals surface area contributed by atoms with E-state index in [2.05, 4.69) is 26.9 Å². The molecule has 1 aliphatic heterocycles. The third kappa shape index (κ3) is 6.07. The van der Waals surface area contributed by atoms with E-state index in [1.807, 2.05) is 23.7 Å². The van der Waals surface area contributed by atoms with Crippen molar-refractivity contribution in [3.63, 3.8) is 0 Å². The Kier molecular flexibility index (Phi) is 7.66. The van der Waals surface area contributed by atoms with Crippen molar-refractivity contribution >= 4 is 11.3 Å². The topological polar surface area (TPSA) is 41.5 Å². The van der Waals surface area contributed by atoms with Crippen LogP contribution in [0, 0.1) is 5.92 Å². The fourth-order valence-corrected chi connectivity index (χ4v) is 5.77. The molecule has 1 saturated heterocycles. The van der Waals surface area contributed by atoms with Gasteiger partial charge in [-0.25, -0.2) is 4.98 Å². The molecule has 0 aromatic carbocycles. The second-order valence-electron chi connectivity index (χ2n) is 8.49. The first-order valence-corrected chi connectivity index (χ1v) is 11.9. The fourth-order valence-electron chi connectivity index (χ4n) is 4.57. The minimum atomic E-state index is 0.769. The van der Waals surface area contributed by atoms with E-state index in [1.165, 1.54) is 67.9 Å². The highest BCUT2D eigenvalue weighted by molar-refractivity contribution is 7.11. The fraction of sp³-hybridized carbons (Fsp3) is 0.652. The summed E-state index contributed by atoms with van der Waals surface area (Å²) < 4.78 is 5.24. The zero-order chi connectivity index (χ0) is 19.9. The van der Waals surface area contributed by atoms with Crippen LogP contribution in [0.25, 0.3) is 0 Å². The highest BCUT2D eigenvalue weighted by atomic mass is 32.1. The number of ether oxygens (including phenoxy) is 1. The third-order valence-electron chi connectivity index (χ3n) is 6.24. The van der Waals surface area contributed by atoms with E-state index in [1.54, 1.807) is 12.0 Å². The molecule has 2 aromatic heterocycles. The maximum Gasteiger partial charge on any atom is 0.107 e. The van der Waals surface area contributed by atoms with Gasteiger partial charge in [0.1, 0.15) is 5.01 Å². The molecule has 2 aromatic rings. The molecular formula is C23H34N4OS. The lowest BCUT2D eigenvalue weighted by Crippen LogP contribution is -2.39. The van der Waals surface area contributed by atoms with Gasteiger partial charge in [0, 0.05) is 44.0 Å². The number of methoxy groups -OCH3 is 1. The highest BCUT2D eigenvalue weighted by Gasteiger charge is 2.23. The van der Waals surface area contributed by atoms with Gasteiger partial charge in [-0.05, 0) is 75.2 Å². The van der Waals surface area contributed by atoms with Gasteiger partial charge < -0.3 is 9.64 Å². The van der Waals surface area contributed by atoms with Crippen molar-refractivity contribution in [3.8, 4) is 0 Å². The Bertz CT molecular complexity index is 719. The predicted octanol–water partition coefficient (Wildman–Crippen LogP) is 3.78. The summed E-state index contributed by atoms with van der Waals surface area (Å²) in [5.74, 6) is 0.769. The second kappa shape index (κ2) is 10.6. The molecule has 0 spiro atoms. The molecule has 4 rings (SSSR count). The van der Waals surface area contributed by atoms with Crippen molar-refractivity contribution in [3.05, 3.63) is 45.7 Å². The molecule has 0 saturated carbocycles. The Balaban J connectivity index is 1.38. The van der Waals surface area contributed by atoms with Gasteiger partial charge in [0.05, 0.1) is 18.8 Å². The van der Waals surface area contributed by atoms with E-state index in [4.69, 9.17) is 9.72 Å². The van der Waals surface area contributed by atoms with Crippen LogP contribution in [0.3, 0.4) is 0 Å². The van der Waals surface area contributed by atoms with E-state index < -0.39 is 0 Å². The molecule has 0 unspecified atom stereocenters. The van der Waals surface area contributed by atoms with Crippen LogP contribution in [0.15, 0.2) is 24.5 Å². The molecule has 1 aliphatic carbocycles. The molecule has 0 bridgehead atoms. The van der Waals surface area contributed by atoms with Gasteiger partial charge in [0.2, 0.25) is 0 Å². The van der Waals surface area contributed by atoms with Crippen molar-refractivity contribution in [1.82, 2.24) is 19.8 Å². The Hall–Kier alpha value is -1.34. The molecule has 158 valence electrons. The zero-order valence-electron chi connectivity index (χ0n) is 17.7. The van der Waals surface area contributed by atoms with Gasteiger partial charge >= 0.3 is 0 Å². The average Bonchev–Trinajstić information content (AvgIpc) is 3.16. The van der Waals surface area contributed by atoms with Crippen LogP contribution in [-0.4, -0.2) is 59.7 Å². The summed E-state index contributed by atoms with van der Waals surface area (Å²) in [6, 6.07) is 4.29. The summed E-state index contributed by atoms with van der Waals surface area (Å²) in [7, 11) is 1.79. The lowest BCUT2D eigenvalue weighted by molar-refractivity contribution is 0.103. The quantitative estimate of drug-likeness (QED) is 0.625. The third-order valence-corrected chi connectivity index (χ3v) is 7.38. The summed E-state index contributed by atoms with van der Waals surface area (Å²) in [4.78, 5) is 15.9. The smallest absolute Gasteiger partial charge is 0.107 e. The first-order valence-electron chi connectivity index (χ1n) is 11.1. The lowest BCUT2D eigenvalue weighted by Gasteiger charge is -2.34. The van der Waals surface area contributed by atoms with Gasteiger partial charge in [0.25, 0.3) is 0 Å². The largest absolute Gasteiger partial charge is 0.383 e. The summed E-state index contributed by atoms with van der Waals surface area (Å²) in [6.07, 6.45) is 11.4. The van der Waals surface area contributed by atoms with Crippen LogP contribution >= 0.6 is 11.3 Å². The van der Waals surface area contributed by atoms with E-state index in [-0.39, 0.29) is 0 Å². The minimum Gasteiger partial charge on any atom is -0.383 e. The molecule has 0 amide bonds. The molecule has 2 aliphatic rings. The summed E-state index contributed by atoms with van der Waals surface area (Å²) in [5.41, 5.74) is 2.73. The van der Waals surface area contributed by atoms with Crippen molar-refractivity contribution in [2.45, 2.75) is 51.6 Å². The number of hydrogen-bond acceptors (Lipinski definition) is 6. The molecule has 5 nitrogen and oxygen atoms in total. The van der Waals surface area contributed by atoms with E-state index >= 15 is 0 Å². The summed E-state index contributed by atoms with van der Waals surface area (Å²) in [5, 5.41) is 1.31. The van der Waals surface area contributed by atoms with E-state index in [0.717, 1.165) is 38.7 Å². The number of fused-ring (bicyclic) bond motifs is 1. The number of pyridine rings is 1. The van der Waals surface area contributed by atoms with Crippen LogP contribution in [-0.2, 0) is 30.7 Å². The number of thiazole rings is 1. The normalized spacial score (nSPS) is 18.3. The number of likely N-dealkylation sites (tertiary alicyclic amines) is 1. The Morgan fingerprint density at radius 3 is 2.69 bits per heavy atom. The minimum absolute atomic E-state index is 0.769. The number of hydrogen-bond donors (Lipinski definition) is 0. The number of aryl methyl sites for hydroxylation is 2. The number of piperidine rings is 1. The van der Waals surface area contributed by atoms with Crippen molar-refractivity contribution < 1.29 is 4.74 Å². The number of aromatic nitrogens is 2.